The van der Waals surface area contributed by atoms with Gasteiger partial charge in [0.1, 0.15) is 0 Å². The number of amides is 1. The average molecular weight is 476 g/mol. The van der Waals surface area contributed by atoms with Crippen LogP contribution in [-0.4, -0.2) is 42.0 Å². The van der Waals surface area contributed by atoms with Gasteiger partial charge < -0.3 is 14.4 Å². The molecule has 7 nitrogen and oxygen atoms in total. The molecule has 0 saturated heterocycles. The number of aromatic nitrogens is 2. The number of thioether (sulfide) groups is 1. The van der Waals surface area contributed by atoms with Crippen LogP contribution in [0.5, 0.6) is 11.5 Å². The average Bonchev–Trinajstić information content (AvgIpc) is 2.88. The number of carbonyl (C=O) groups excluding carboxylic acids is 1. The van der Waals surface area contributed by atoms with Crippen LogP contribution in [0.3, 0.4) is 0 Å². The van der Waals surface area contributed by atoms with Gasteiger partial charge >= 0.3 is 0 Å². The third kappa shape index (κ3) is 4.49. The highest BCUT2D eigenvalue weighted by atomic mass is 32.2. The number of nitrogens with zero attached hydrogens (tertiary/aromatic N) is 3. The van der Waals surface area contributed by atoms with Crippen molar-refractivity contribution in [3.63, 3.8) is 0 Å². The number of fused-ring (bicyclic) bond motifs is 1. The number of benzene rings is 3. The summed E-state index contributed by atoms with van der Waals surface area (Å²) in [5.41, 5.74) is 1.71. The quantitative estimate of drug-likeness (QED) is 0.289. The van der Waals surface area contributed by atoms with Gasteiger partial charge in [0.05, 0.1) is 36.1 Å². The van der Waals surface area contributed by atoms with Crippen molar-refractivity contribution in [3.8, 4) is 17.2 Å². The van der Waals surface area contributed by atoms with Gasteiger partial charge in [-0.3, -0.25) is 14.2 Å². The third-order valence-electron chi connectivity index (χ3n) is 5.47. The number of ether oxygens (including phenoxy) is 2. The van der Waals surface area contributed by atoms with E-state index in [0.29, 0.717) is 33.2 Å². The Labute approximate surface area is 201 Å². The van der Waals surface area contributed by atoms with E-state index in [1.807, 2.05) is 43.3 Å². The smallest absolute Gasteiger partial charge is 0.266 e. The van der Waals surface area contributed by atoms with Crippen molar-refractivity contribution in [2.24, 2.45) is 0 Å². The van der Waals surface area contributed by atoms with Crippen LogP contribution in [-0.2, 0) is 4.79 Å². The summed E-state index contributed by atoms with van der Waals surface area (Å²) in [5.74, 6) is 0.941. The predicted octanol–water partition coefficient (Wildman–Crippen LogP) is 4.55. The largest absolute Gasteiger partial charge is 0.493 e. The molecule has 1 aromatic heterocycles. The second kappa shape index (κ2) is 10.0. The van der Waals surface area contributed by atoms with Crippen LogP contribution in [0.15, 0.2) is 82.7 Å². The summed E-state index contributed by atoms with van der Waals surface area (Å²) in [6.07, 6.45) is 0. The molecule has 1 atom stereocenters. The first-order chi connectivity index (χ1) is 16.4. The number of rotatable bonds is 7. The van der Waals surface area contributed by atoms with E-state index < -0.39 is 5.25 Å². The highest BCUT2D eigenvalue weighted by molar-refractivity contribution is 8.00. The second-order valence-electron chi connectivity index (χ2n) is 7.58. The molecule has 0 N–H and O–H groups in total. The molecule has 1 amide bonds. The Morgan fingerprint density at radius 3 is 2.35 bits per heavy atom. The zero-order chi connectivity index (χ0) is 24.2. The lowest BCUT2D eigenvalue weighted by atomic mass is 10.2. The summed E-state index contributed by atoms with van der Waals surface area (Å²) in [6.45, 7) is 1.81. The molecule has 0 saturated carbocycles. The monoisotopic (exact) mass is 475 g/mol. The minimum atomic E-state index is -0.496. The van der Waals surface area contributed by atoms with Gasteiger partial charge in [-0.05, 0) is 43.3 Å². The molecule has 0 fully saturated rings. The van der Waals surface area contributed by atoms with Crippen molar-refractivity contribution >= 4 is 34.3 Å². The maximum atomic E-state index is 13.6. The van der Waals surface area contributed by atoms with Gasteiger partial charge in [-0.2, -0.15) is 0 Å². The first-order valence-electron chi connectivity index (χ1n) is 10.7. The molecule has 0 aliphatic carbocycles. The number of anilines is 1. The second-order valence-corrected chi connectivity index (χ2v) is 8.89. The summed E-state index contributed by atoms with van der Waals surface area (Å²) in [4.78, 5) is 33.1. The maximum Gasteiger partial charge on any atom is 0.266 e. The van der Waals surface area contributed by atoms with Crippen molar-refractivity contribution < 1.29 is 14.3 Å². The van der Waals surface area contributed by atoms with Gasteiger partial charge in [0.2, 0.25) is 5.91 Å². The van der Waals surface area contributed by atoms with Crippen LogP contribution in [0, 0.1) is 0 Å². The van der Waals surface area contributed by atoms with Gasteiger partial charge in [-0.25, -0.2) is 4.98 Å². The van der Waals surface area contributed by atoms with Gasteiger partial charge in [0.25, 0.3) is 5.56 Å². The number of hydrogen-bond acceptors (Lipinski definition) is 6. The molecule has 0 bridgehead atoms. The molecule has 4 rings (SSSR count). The molecule has 34 heavy (non-hydrogen) atoms. The molecule has 4 aromatic rings. The Bertz CT molecular complexity index is 1390. The van der Waals surface area contributed by atoms with Crippen LogP contribution in [0.25, 0.3) is 16.6 Å². The molecule has 174 valence electrons. The van der Waals surface area contributed by atoms with E-state index in [1.54, 1.807) is 62.6 Å². The fourth-order valence-corrected chi connectivity index (χ4v) is 4.66. The summed E-state index contributed by atoms with van der Waals surface area (Å²) < 4.78 is 12.3. The van der Waals surface area contributed by atoms with Gasteiger partial charge in [-0.15, -0.1) is 0 Å². The number of hydrogen-bond donors (Lipinski definition) is 0. The molecular weight excluding hydrogens is 450 g/mol. The van der Waals surface area contributed by atoms with Crippen LogP contribution in [0.1, 0.15) is 6.92 Å². The van der Waals surface area contributed by atoms with Crippen molar-refractivity contribution in [2.75, 3.05) is 26.2 Å². The van der Waals surface area contributed by atoms with Crippen molar-refractivity contribution in [1.82, 2.24) is 9.55 Å². The topological polar surface area (TPSA) is 73.7 Å². The van der Waals surface area contributed by atoms with E-state index >= 15 is 0 Å². The summed E-state index contributed by atoms with van der Waals surface area (Å²) >= 11 is 1.24. The minimum absolute atomic E-state index is 0.0996. The molecule has 8 heteroatoms. The highest BCUT2D eigenvalue weighted by Crippen LogP contribution is 2.32. The third-order valence-corrected chi connectivity index (χ3v) is 6.51. The predicted molar refractivity (Wildman–Crippen MR) is 136 cm³/mol. The Morgan fingerprint density at radius 1 is 0.971 bits per heavy atom. The summed E-state index contributed by atoms with van der Waals surface area (Å²) in [5, 5.41) is 0.407. The SMILES string of the molecule is COc1ccc(-n2c(SC(C)C(=O)N(C)c3ccccc3)nc3ccccc3c2=O)cc1OC. The van der Waals surface area contributed by atoms with Gasteiger partial charge in [-0.1, -0.05) is 42.1 Å². The number of para-hydroxylation sites is 2. The Morgan fingerprint density at radius 2 is 1.65 bits per heavy atom. The Hall–Kier alpha value is -3.78. The van der Waals surface area contributed by atoms with Crippen LogP contribution >= 0.6 is 11.8 Å². The summed E-state index contributed by atoms with van der Waals surface area (Å²) in [6, 6.07) is 21.8. The molecule has 0 radical (unpaired) electrons. The van der Waals surface area contributed by atoms with Gasteiger partial charge in [0, 0.05) is 18.8 Å². The lowest BCUT2D eigenvalue weighted by Gasteiger charge is -2.22. The van der Waals surface area contributed by atoms with E-state index in [2.05, 4.69) is 0 Å². The highest BCUT2D eigenvalue weighted by Gasteiger charge is 2.24. The standard InChI is InChI=1S/C26H25N3O4S/c1-17(24(30)28(2)18-10-6-5-7-11-18)34-26-27-21-13-9-8-12-20(21)25(31)29(26)19-14-15-22(32-3)23(16-19)33-4/h5-17H,1-4H3. The van der Waals surface area contributed by atoms with E-state index in [-0.39, 0.29) is 11.5 Å². The Kier molecular flexibility index (Phi) is 6.88. The molecule has 0 spiro atoms. The lowest BCUT2D eigenvalue weighted by molar-refractivity contribution is -0.117. The van der Waals surface area contributed by atoms with E-state index in [9.17, 15) is 9.59 Å². The van der Waals surface area contributed by atoms with Crippen molar-refractivity contribution in [1.29, 1.82) is 0 Å². The van der Waals surface area contributed by atoms with Crippen LogP contribution < -0.4 is 19.9 Å². The molecule has 1 heterocycles. The maximum absolute atomic E-state index is 13.6. The lowest BCUT2D eigenvalue weighted by Crippen LogP contribution is -2.33. The van der Waals surface area contributed by atoms with Crippen molar-refractivity contribution in [2.45, 2.75) is 17.3 Å². The molecule has 3 aromatic carbocycles. The first kappa shape index (κ1) is 23.4. The Balaban J connectivity index is 1.79. The first-order valence-corrected chi connectivity index (χ1v) is 11.6. The normalized spacial score (nSPS) is 11.8. The minimum Gasteiger partial charge on any atom is -0.493 e. The molecule has 1 unspecified atom stereocenters. The van der Waals surface area contributed by atoms with E-state index in [1.165, 1.54) is 16.3 Å². The molecule has 0 aliphatic rings. The van der Waals surface area contributed by atoms with E-state index in [4.69, 9.17) is 14.5 Å². The number of carbonyl (C=O) groups is 1. The van der Waals surface area contributed by atoms with E-state index in [0.717, 1.165) is 5.69 Å². The molecule has 0 aliphatic heterocycles. The van der Waals surface area contributed by atoms with Crippen LogP contribution in [0.4, 0.5) is 5.69 Å². The number of methoxy groups -OCH3 is 2. The molecular formula is C26H25N3O4S. The van der Waals surface area contributed by atoms with Gasteiger partial charge in [0.15, 0.2) is 16.7 Å². The zero-order valence-corrected chi connectivity index (χ0v) is 20.2. The summed E-state index contributed by atoms with van der Waals surface area (Å²) in [7, 11) is 4.84. The zero-order valence-electron chi connectivity index (χ0n) is 19.4. The fourth-order valence-electron chi connectivity index (χ4n) is 3.64. The van der Waals surface area contributed by atoms with Crippen molar-refractivity contribution in [3.05, 3.63) is 83.2 Å². The fraction of sp³-hybridized carbons (Fsp3) is 0.192. The van der Waals surface area contributed by atoms with Crippen LogP contribution in [0.2, 0.25) is 0 Å².